The number of nitrogens with two attached hydrogens (primary N) is 1. The number of piperidine rings is 1. The Hall–Kier alpha value is -0.900. The standard InChI is InChI=1S/C17H28N2O/c1-13-7-8-19(14(2)9-13)17(11-18)16-6-4-5-15(10-16)12-20-3/h4-6,10,13-14,17H,7-9,11-12,18H2,1-3H3. The molecule has 1 heterocycles. The highest BCUT2D eigenvalue weighted by Gasteiger charge is 2.28. The zero-order valence-corrected chi connectivity index (χ0v) is 13.0. The SMILES string of the molecule is COCc1cccc(C(CN)N2CCC(C)CC2C)c1. The lowest BCUT2D eigenvalue weighted by molar-refractivity contribution is 0.0846. The van der Waals surface area contributed by atoms with Gasteiger partial charge in [-0.3, -0.25) is 4.90 Å². The summed E-state index contributed by atoms with van der Waals surface area (Å²) < 4.78 is 5.23. The van der Waals surface area contributed by atoms with Gasteiger partial charge in [0.25, 0.3) is 0 Å². The molecule has 3 unspecified atom stereocenters. The molecule has 1 saturated heterocycles. The molecule has 3 atom stereocenters. The summed E-state index contributed by atoms with van der Waals surface area (Å²) in [5.41, 5.74) is 8.63. The Morgan fingerprint density at radius 1 is 1.40 bits per heavy atom. The van der Waals surface area contributed by atoms with E-state index in [0.29, 0.717) is 25.2 Å². The highest BCUT2D eigenvalue weighted by molar-refractivity contribution is 5.26. The first-order valence-electron chi connectivity index (χ1n) is 7.69. The Morgan fingerprint density at radius 2 is 2.20 bits per heavy atom. The minimum absolute atomic E-state index is 0.328. The van der Waals surface area contributed by atoms with Gasteiger partial charge in [-0.25, -0.2) is 0 Å². The van der Waals surface area contributed by atoms with Crippen LogP contribution in [0.15, 0.2) is 24.3 Å². The minimum atomic E-state index is 0.328. The Labute approximate surface area is 123 Å². The molecule has 1 aromatic rings. The van der Waals surface area contributed by atoms with Crippen LogP contribution in [-0.4, -0.2) is 31.1 Å². The molecule has 1 aliphatic heterocycles. The van der Waals surface area contributed by atoms with E-state index in [-0.39, 0.29) is 0 Å². The van der Waals surface area contributed by atoms with Crippen molar-refractivity contribution in [3.8, 4) is 0 Å². The van der Waals surface area contributed by atoms with E-state index in [1.807, 2.05) is 0 Å². The average molecular weight is 276 g/mol. The number of nitrogens with zero attached hydrogens (tertiary/aromatic N) is 1. The summed E-state index contributed by atoms with van der Waals surface area (Å²) in [7, 11) is 1.74. The summed E-state index contributed by atoms with van der Waals surface area (Å²) in [6.07, 6.45) is 2.55. The van der Waals surface area contributed by atoms with E-state index in [0.717, 1.165) is 12.5 Å². The molecule has 1 aromatic carbocycles. The van der Waals surface area contributed by atoms with Crippen molar-refractivity contribution in [2.75, 3.05) is 20.2 Å². The number of hydrogen-bond donors (Lipinski definition) is 1. The van der Waals surface area contributed by atoms with E-state index in [2.05, 4.69) is 43.0 Å². The first-order valence-corrected chi connectivity index (χ1v) is 7.69. The normalized spacial score (nSPS) is 25.6. The third-order valence-corrected chi connectivity index (χ3v) is 4.46. The Morgan fingerprint density at radius 3 is 2.85 bits per heavy atom. The summed E-state index contributed by atoms with van der Waals surface area (Å²) in [6.45, 7) is 7.17. The van der Waals surface area contributed by atoms with Crippen LogP contribution in [0.2, 0.25) is 0 Å². The zero-order chi connectivity index (χ0) is 14.5. The Kier molecular flexibility index (Phi) is 5.58. The number of rotatable bonds is 5. The Balaban J connectivity index is 2.16. The maximum absolute atomic E-state index is 6.08. The first kappa shape index (κ1) is 15.5. The second-order valence-corrected chi connectivity index (χ2v) is 6.15. The van der Waals surface area contributed by atoms with Gasteiger partial charge in [-0.1, -0.05) is 31.2 Å². The third kappa shape index (κ3) is 3.60. The molecule has 0 spiro atoms. The van der Waals surface area contributed by atoms with Crippen molar-refractivity contribution in [1.29, 1.82) is 0 Å². The molecular formula is C17H28N2O. The van der Waals surface area contributed by atoms with Crippen LogP contribution in [0.3, 0.4) is 0 Å². The minimum Gasteiger partial charge on any atom is -0.380 e. The molecule has 0 aliphatic carbocycles. The average Bonchev–Trinajstić information content (AvgIpc) is 2.43. The summed E-state index contributed by atoms with van der Waals surface area (Å²) in [5.74, 6) is 0.833. The summed E-state index contributed by atoms with van der Waals surface area (Å²) >= 11 is 0. The van der Waals surface area contributed by atoms with Gasteiger partial charge in [0.05, 0.1) is 6.61 Å². The predicted octanol–water partition coefficient (Wildman–Crippen LogP) is 2.95. The summed E-state index contributed by atoms with van der Waals surface area (Å²) in [4.78, 5) is 2.58. The van der Waals surface area contributed by atoms with Crippen LogP contribution in [0.4, 0.5) is 0 Å². The second-order valence-electron chi connectivity index (χ2n) is 6.15. The molecule has 0 radical (unpaired) electrons. The van der Waals surface area contributed by atoms with Crippen molar-refractivity contribution in [2.24, 2.45) is 11.7 Å². The van der Waals surface area contributed by atoms with Crippen LogP contribution < -0.4 is 5.73 Å². The number of methoxy groups -OCH3 is 1. The maximum Gasteiger partial charge on any atom is 0.0713 e. The van der Waals surface area contributed by atoms with E-state index in [1.54, 1.807) is 7.11 Å². The molecule has 112 valence electrons. The molecule has 3 nitrogen and oxygen atoms in total. The number of likely N-dealkylation sites (tertiary alicyclic amines) is 1. The van der Waals surface area contributed by atoms with E-state index < -0.39 is 0 Å². The molecule has 1 fully saturated rings. The molecule has 3 heteroatoms. The molecule has 2 rings (SSSR count). The first-order chi connectivity index (χ1) is 9.65. The second kappa shape index (κ2) is 7.21. The maximum atomic E-state index is 6.08. The van der Waals surface area contributed by atoms with E-state index in [1.165, 1.54) is 24.0 Å². The lowest BCUT2D eigenvalue weighted by Gasteiger charge is -2.41. The van der Waals surface area contributed by atoms with Crippen molar-refractivity contribution in [2.45, 2.75) is 45.4 Å². The fourth-order valence-electron chi connectivity index (χ4n) is 3.41. The Bertz CT molecular complexity index is 421. The number of benzene rings is 1. The largest absolute Gasteiger partial charge is 0.380 e. The van der Waals surface area contributed by atoms with Gasteiger partial charge in [-0.15, -0.1) is 0 Å². The topological polar surface area (TPSA) is 38.5 Å². The fourth-order valence-corrected chi connectivity index (χ4v) is 3.41. The van der Waals surface area contributed by atoms with Gasteiger partial charge < -0.3 is 10.5 Å². The smallest absolute Gasteiger partial charge is 0.0713 e. The van der Waals surface area contributed by atoms with Crippen LogP contribution in [0, 0.1) is 5.92 Å². The quantitative estimate of drug-likeness (QED) is 0.898. The van der Waals surface area contributed by atoms with Crippen LogP contribution in [0.5, 0.6) is 0 Å². The van der Waals surface area contributed by atoms with Crippen molar-refractivity contribution >= 4 is 0 Å². The van der Waals surface area contributed by atoms with Crippen molar-refractivity contribution < 1.29 is 4.74 Å². The fraction of sp³-hybridized carbons (Fsp3) is 0.647. The number of hydrogen-bond acceptors (Lipinski definition) is 3. The predicted molar refractivity (Wildman–Crippen MR) is 83.5 cm³/mol. The molecule has 0 amide bonds. The molecule has 0 saturated carbocycles. The molecule has 1 aliphatic rings. The zero-order valence-electron chi connectivity index (χ0n) is 13.0. The lowest BCUT2D eigenvalue weighted by Crippen LogP contribution is -2.44. The summed E-state index contributed by atoms with van der Waals surface area (Å²) in [5, 5.41) is 0. The molecule has 0 bridgehead atoms. The van der Waals surface area contributed by atoms with Crippen molar-refractivity contribution in [3.05, 3.63) is 35.4 Å². The van der Waals surface area contributed by atoms with Gasteiger partial charge in [0, 0.05) is 25.7 Å². The molecular weight excluding hydrogens is 248 g/mol. The van der Waals surface area contributed by atoms with Crippen LogP contribution in [0.1, 0.15) is 43.9 Å². The van der Waals surface area contributed by atoms with E-state index in [9.17, 15) is 0 Å². The van der Waals surface area contributed by atoms with E-state index >= 15 is 0 Å². The van der Waals surface area contributed by atoms with Gasteiger partial charge in [-0.2, -0.15) is 0 Å². The van der Waals surface area contributed by atoms with Crippen LogP contribution >= 0.6 is 0 Å². The van der Waals surface area contributed by atoms with Gasteiger partial charge in [-0.05, 0) is 43.4 Å². The van der Waals surface area contributed by atoms with Crippen LogP contribution in [-0.2, 0) is 11.3 Å². The van der Waals surface area contributed by atoms with E-state index in [4.69, 9.17) is 10.5 Å². The van der Waals surface area contributed by atoms with Gasteiger partial charge in [0.1, 0.15) is 0 Å². The highest BCUT2D eigenvalue weighted by atomic mass is 16.5. The van der Waals surface area contributed by atoms with Gasteiger partial charge in [0.2, 0.25) is 0 Å². The summed E-state index contributed by atoms with van der Waals surface area (Å²) in [6, 6.07) is 9.60. The number of ether oxygens (including phenoxy) is 1. The van der Waals surface area contributed by atoms with Crippen molar-refractivity contribution in [3.63, 3.8) is 0 Å². The molecule has 0 aromatic heterocycles. The van der Waals surface area contributed by atoms with Crippen molar-refractivity contribution in [1.82, 2.24) is 4.90 Å². The monoisotopic (exact) mass is 276 g/mol. The van der Waals surface area contributed by atoms with Crippen LogP contribution in [0.25, 0.3) is 0 Å². The highest BCUT2D eigenvalue weighted by Crippen LogP contribution is 2.30. The third-order valence-electron chi connectivity index (χ3n) is 4.46. The molecule has 2 N–H and O–H groups in total. The molecule has 20 heavy (non-hydrogen) atoms. The van der Waals surface area contributed by atoms with Gasteiger partial charge >= 0.3 is 0 Å². The lowest BCUT2D eigenvalue weighted by atomic mass is 9.90. The van der Waals surface area contributed by atoms with Gasteiger partial charge in [0.15, 0.2) is 0 Å².